The second kappa shape index (κ2) is 6.75. The zero-order valence-corrected chi connectivity index (χ0v) is 14.0. The predicted octanol–water partition coefficient (Wildman–Crippen LogP) is 2.84. The van der Waals surface area contributed by atoms with Gasteiger partial charge in [-0.05, 0) is 46.5 Å². The number of aromatic nitrogens is 1. The zero-order chi connectivity index (χ0) is 15.5. The number of alkyl carbamates (subject to hydrolysis) is 1. The van der Waals surface area contributed by atoms with E-state index in [1.165, 1.54) is 12.8 Å². The summed E-state index contributed by atoms with van der Waals surface area (Å²) < 4.78 is 5.33. The van der Waals surface area contributed by atoms with Crippen LogP contribution in [0.3, 0.4) is 0 Å². The molecule has 1 atom stereocenters. The van der Waals surface area contributed by atoms with Crippen molar-refractivity contribution >= 4 is 17.4 Å². The number of carbonyl (C=O) groups is 1. The molecule has 0 aromatic carbocycles. The molecule has 1 heterocycles. The Morgan fingerprint density at radius 2 is 2.24 bits per heavy atom. The number of carbonyl (C=O) groups excluding carboxylic acids is 1. The molecule has 1 aliphatic carbocycles. The van der Waals surface area contributed by atoms with Crippen molar-refractivity contribution in [2.75, 3.05) is 6.54 Å². The van der Waals surface area contributed by atoms with Crippen LogP contribution in [0, 0.1) is 12.8 Å². The van der Waals surface area contributed by atoms with E-state index >= 15 is 0 Å². The highest BCUT2D eigenvalue weighted by molar-refractivity contribution is 7.09. The molecular weight excluding hydrogens is 286 g/mol. The summed E-state index contributed by atoms with van der Waals surface area (Å²) in [5, 5.41) is 9.51. The Morgan fingerprint density at radius 3 is 2.76 bits per heavy atom. The van der Waals surface area contributed by atoms with E-state index in [1.807, 2.05) is 27.7 Å². The first kappa shape index (κ1) is 16.2. The quantitative estimate of drug-likeness (QED) is 0.848. The minimum atomic E-state index is -0.455. The lowest BCUT2D eigenvalue weighted by Gasteiger charge is -2.23. The number of amides is 1. The second-order valence-corrected chi connectivity index (χ2v) is 7.64. The van der Waals surface area contributed by atoms with E-state index in [0.717, 1.165) is 23.8 Å². The van der Waals surface area contributed by atoms with Crippen LogP contribution in [0.1, 0.15) is 44.3 Å². The standard InChI is InChI=1S/C15H25N3O2S/c1-10-17-12(9-21-10)7-16-8-13(11-5-6-11)18-14(19)20-15(2,3)4/h9,11,13,16H,5-8H2,1-4H3,(H,18,19). The van der Waals surface area contributed by atoms with Gasteiger partial charge in [0.15, 0.2) is 0 Å². The highest BCUT2D eigenvalue weighted by Gasteiger charge is 2.33. The van der Waals surface area contributed by atoms with Crippen LogP contribution in [0.5, 0.6) is 0 Å². The van der Waals surface area contributed by atoms with Gasteiger partial charge < -0.3 is 15.4 Å². The van der Waals surface area contributed by atoms with Crippen LogP contribution in [0.15, 0.2) is 5.38 Å². The van der Waals surface area contributed by atoms with Gasteiger partial charge in [-0.2, -0.15) is 0 Å². The van der Waals surface area contributed by atoms with Crippen LogP contribution < -0.4 is 10.6 Å². The molecule has 1 saturated carbocycles. The van der Waals surface area contributed by atoms with Gasteiger partial charge in [-0.3, -0.25) is 0 Å². The van der Waals surface area contributed by atoms with E-state index in [0.29, 0.717) is 5.92 Å². The first-order chi connectivity index (χ1) is 9.83. The average Bonchev–Trinajstić information content (AvgIpc) is 3.10. The van der Waals surface area contributed by atoms with E-state index in [-0.39, 0.29) is 12.1 Å². The molecule has 0 aliphatic heterocycles. The highest BCUT2D eigenvalue weighted by atomic mass is 32.1. The van der Waals surface area contributed by atoms with Crippen LogP contribution in [0.25, 0.3) is 0 Å². The number of hydrogen-bond acceptors (Lipinski definition) is 5. The Morgan fingerprint density at radius 1 is 1.52 bits per heavy atom. The molecule has 0 spiro atoms. The van der Waals surface area contributed by atoms with E-state index in [4.69, 9.17) is 4.74 Å². The molecule has 0 saturated heterocycles. The van der Waals surface area contributed by atoms with E-state index < -0.39 is 5.60 Å². The van der Waals surface area contributed by atoms with Gasteiger partial charge in [-0.15, -0.1) is 11.3 Å². The fraction of sp³-hybridized carbons (Fsp3) is 0.733. The summed E-state index contributed by atoms with van der Waals surface area (Å²) >= 11 is 1.66. The largest absolute Gasteiger partial charge is 0.444 e. The summed E-state index contributed by atoms with van der Waals surface area (Å²) in [5.41, 5.74) is 0.605. The molecule has 1 unspecified atom stereocenters. The lowest BCUT2D eigenvalue weighted by Crippen LogP contribution is -2.45. The van der Waals surface area contributed by atoms with Crippen molar-refractivity contribution in [2.45, 2.75) is 58.7 Å². The minimum absolute atomic E-state index is 0.139. The lowest BCUT2D eigenvalue weighted by atomic mass is 10.2. The number of nitrogens with zero attached hydrogens (tertiary/aromatic N) is 1. The summed E-state index contributed by atoms with van der Waals surface area (Å²) in [6, 6.07) is 0.139. The number of aryl methyl sites for hydroxylation is 1. The number of thiazole rings is 1. The number of ether oxygens (including phenoxy) is 1. The van der Waals surface area contributed by atoms with Gasteiger partial charge in [0, 0.05) is 24.5 Å². The summed E-state index contributed by atoms with van der Waals surface area (Å²) in [6.45, 7) is 9.12. The van der Waals surface area contributed by atoms with Crippen molar-refractivity contribution in [3.63, 3.8) is 0 Å². The van der Waals surface area contributed by atoms with Crippen molar-refractivity contribution in [1.29, 1.82) is 0 Å². The molecule has 1 aromatic rings. The fourth-order valence-corrected chi connectivity index (χ4v) is 2.75. The van der Waals surface area contributed by atoms with Gasteiger partial charge in [-0.25, -0.2) is 9.78 Å². The molecule has 118 valence electrons. The number of rotatable bonds is 6. The molecule has 1 aromatic heterocycles. The molecule has 1 amide bonds. The van der Waals surface area contributed by atoms with Crippen molar-refractivity contribution in [3.8, 4) is 0 Å². The molecule has 21 heavy (non-hydrogen) atoms. The van der Waals surface area contributed by atoms with Gasteiger partial charge in [0.05, 0.1) is 10.7 Å². The highest BCUT2D eigenvalue weighted by Crippen LogP contribution is 2.32. The van der Waals surface area contributed by atoms with Crippen molar-refractivity contribution in [2.24, 2.45) is 5.92 Å². The van der Waals surface area contributed by atoms with Gasteiger partial charge in [0.25, 0.3) is 0 Å². The molecular formula is C15H25N3O2S. The van der Waals surface area contributed by atoms with Crippen LogP contribution in [0.4, 0.5) is 4.79 Å². The maximum Gasteiger partial charge on any atom is 0.407 e. The lowest BCUT2D eigenvalue weighted by molar-refractivity contribution is 0.0497. The summed E-state index contributed by atoms with van der Waals surface area (Å²) in [4.78, 5) is 16.3. The number of hydrogen-bond donors (Lipinski definition) is 2. The Hall–Kier alpha value is -1.14. The number of nitrogens with one attached hydrogen (secondary N) is 2. The smallest absolute Gasteiger partial charge is 0.407 e. The Bertz CT molecular complexity index is 478. The third kappa shape index (κ3) is 6.01. The normalized spacial score (nSPS) is 16.6. The van der Waals surface area contributed by atoms with E-state index in [9.17, 15) is 4.79 Å². The molecule has 6 heteroatoms. The third-order valence-electron chi connectivity index (χ3n) is 3.23. The minimum Gasteiger partial charge on any atom is -0.444 e. The maximum absolute atomic E-state index is 11.9. The fourth-order valence-electron chi connectivity index (χ4n) is 2.14. The first-order valence-corrected chi connectivity index (χ1v) is 8.33. The van der Waals surface area contributed by atoms with Crippen molar-refractivity contribution in [3.05, 3.63) is 16.1 Å². The molecule has 2 N–H and O–H groups in total. The topological polar surface area (TPSA) is 63.2 Å². The van der Waals surface area contributed by atoms with E-state index in [1.54, 1.807) is 11.3 Å². The molecule has 1 aliphatic rings. The summed E-state index contributed by atoms with van der Waals surface area (Å²) in [5.74, 6) is 0.571. The van der Waals surface area contributed by atoms with Crippen LogP contribution in [0.2, 0.25) is 0 Å². The van der Waals surface area contributed by atoms with Gasteiger partial charge in [-0.1, -0.05) is 0 Å². The average molecular weight is 311 g/mol. The Balaban J connectivity index is 1.76. The van der Waals surface area contributed by atoms with Crippen molar-refractivity contribution < 1.29 is 9.53 Å². The van der Waals surface area contributed by atoms with Crippen LogP contribution in [-0.2, 0) is 11.3 Å². The third-order valence-corrected chi connectivity index (χ3v) is 4.05. The molecule has 0 radical (unpaired) electrons. The van der Waals surface area contributed by atoms with E-state index in [2.05, 4.69) is 21.0 Å². The Labute approximate surface area is 130 Å². The van der Waals surface area contributed by atoms with Crippen LogP contribution >= 0.6 is 11.3 Å². The zero-order valence-electron chi connectivity index (χ0n) is 13.2. The SMILES string of the molecule is Cc1nc(CNCC(NC(=O)OC(C)(C)C)C2CC2)cs1. The van der Waals surface area contributed by atoms with Gasteiger partial charge >= 0.3 is 6.09 Å². The monoisotopic (exact) mass is 311 g/mol. The van der Waals surface area contributed by atoms with Gasteiger partial charge in [0.2, 0.25) is 0 Å². The molecule has 2 rings (SSSR count). The van der Waals surface area contributed by atoms with Crippen molar-refractivity contribution in [1.82, 2.24) is 15.6 Å². The second-order valence-electron chi connectivity index (χ2n) is 6.58. The molecule has 5 nitrogen and oxygen atoms in total. The summed E-state index contributed by atoms with van der Waals surface area (Å²) in [7, 11) is 0. The maximum atomic E-state index is 11.9. The Kier molecular flexibility index (Phi) is 5.22. The first-order valence-electron chi connectivity index (χ1n) is 7.45. The predicted molar refractivity (Wildman–Crippen MR) is 84.4 cm³/mol. The van der Waals surface area contributed by atoms with Gasteiger partial charge in [0.1, 0.15) is 5.60 Å². The molecule has 0 bridgehead atoms. The van der Waals surface area contributed by atoms with Crippen LogP contribution in [-0.4, -0.2) is 29.3 Å². The molecule has 1 fully saturated rings. The summed E-state index contributed by atoms with van der Waals surface area (Å²) in [6.07, 6.45) is 2.03.